The van der Waals surface area contributed by atoms with Gasteiger partial charge in [-0.05, 0) is 17.7 Å². The van der Waals surface area contributed by atoms with Crippen molar-refractivity contribution < 1.29 is 27.8 Å². The fraction of sp³-hybridized carbons (Fsp3) is 0.217. The molecule has 0 atom stereocenters. The Morgan fingerprint density at radius 2 is 1.76 bits per heavy atom. The lowest BCUT2D eigenvalue weighted by molar-refractivity contribution is 0.121. The number of ether oxygens (including phenoxy) is 1. The summed E-state index contributed by atoms with van der Waals surface area (Å²) in [7, 11) is 1.32. The zero-order chi connectivity index (χ0) is 23.9. The number of methoxy groups -OCH3 is 1. The first kappa shape index (κ1) is 22.3. The van der Waals surface area contributed by atoms with E-state index < -0.39 is 29.2 Å². The number of anilines is 3. The van der Waals surface area contributed by atoms with Crippen LogP contribution in [0.3, 0.4) is 0 Å². The van der Waals surface area contributed by atoms with Crippen LogP contribution < -0.4 is 9.80 Å². The number of benzene rings is 1. The molecule has 1 aromatic carbocycles. The SMILES string of the molecule is C=C(O)C1=CN(c2c(F)cc(F)cc2F)c2nc(N3CCN(C(=O)OC)CC3)ccc2C1=C. The molecule has 0 saturated carbocycles. The number of hydrogen-bond donors (Lipinski definition) is 1. The van der Waals surface area contributed by atoms with Gasteiger partial charge in [0.2, 0.25) is 0 Å². The molecule has 7 nitrogen and oxygen atoms in total. The maximum Gasteiger partial charge on any atom is 0.409 e. The van der Waals surface area contributed by atoms with Gasteiger partial charge < -0.3 is 19.6 Å². The summed E-state index contributed by atoms with van der Waals surface area (Å²) in [5.74, 6) is -3.01. The zero-order valence-corrected chi connectivity index (χ0v) is 17.8. The molecule has 2 aliphatic heterocycles. The Morgan fingerprint density at radius 1 is 1.12 bits per heavy atom. The minimum absolute atomic E-state index is 0.155. The van der Waals surface area contributed by atoms with Crippen LogP contribution in [0.2, 0.25) is 0 Å². The third kappa shape index (κ3) is 3.99. The van der Waals surface area contributed by atoms with Crippen LogP contribution in [-0.2, 0) is 4.74 Å². The highest BCUT2D eigenvalue weighted by molar-refractivity contribution is 5.93. The summed E-state index contributed by atoms with van der Waals surface area (Å²) in [5.41, 5.74) is 0.393. The number of rotatable bonds is 3. The van der Waals surface area contributed by atoms with Gasteiger partial charge in [-0.15, -0.1) is 0 Å². The molecule has 33 heavy (non-hydrogen) atoms. The largest absolute Gasteiger partial charge is 0.508 e. The molecule has 10 heteroatoms. The maximum atomic E-state index is 14.7. The van der Waals surface area contributed by atoms with E-state index in [1.165, 1.54) is 13.3 Å². The molecular formula is C23H21F3N4O3. The van der Waals surface area contributed by atoms with Gasteiger partial charge in [0.1, 0.15) is 28.9 Å². The van der Waals surface area contributed by atoms with Crippen molar-refractivity contribution in [1.29, 1.82) is 0 Å². The molecule has 0 bridgehead atoms. The molecular weight excluding hydrogens is 437 g/mol. The summed E-state index contributed by atoms with van der Waals surface area (Å²) in [5, 5.41) is 10.0. The molecule has 172 valence electrons. The summed E-state index contributed by atoms with van der Waals surface area (Å²) in [6, 6.07) is 4.53. The first-order chi connectivity index (χ1) is 15.7. The van der Waals surface area contributed by atoms with Gasteiger partial charge in [-0.2, -0.15) is 0 Å². The standard InChI is InChI=1S/C23H21F3N4O3/c1-13-16-4-5-20(28-6-8-29(9-7-28)23(32)33-3)27-22(16)30(12-17(13)14(2)31)21-18(25)10-15(24)11-19(21)26/h4-5,10-12,31H,1-2,6-9H2,3H3. The maximum absolute atomic E-state index is 14.7. The number of carbonyl (C=O) groups is 1. The number of carbonyl (C=O) groups excluding carboxylic acids is 1. The van der Waals surface area contributed by atoms with Gasteiger partial charge in [-0.25, -0.2) is 22.9 Å². The van der Waals surface area contributed by atoms with Gasteiger partial charge in [-0.1, -0.05) is 13.2 Å². The van der Waals surface area contributed by atoms with E-state index >= 15 is 0 Å². The van der Waals surface area contributed by atoms with Crippen molar-refractivity contribution in [3.63, 3.8) is 0 Å². The number of halogens is 3. The van der Waals surface area contributed by atoms with Crippen LogP contribution in [0, 0.1) is 17.5 Å². The van der Waals surface area contributed by atoms with Crippen molar-refractivity contribution in [3.05, 3.63) is 78.0 Å². The molecule has 2 aliphatic rings. The Bertz CT molecular complexity index is 1170. The van der Waals surface area contributed by atoms with Crippen LogP contribution in [0.1, 0.15) is 5.56 Å². The topological polar surface area (TPSA) is 69.1 Å². The molecule has 1 N–H and O–H groups in total. The van der Waals surface area contributed by atoms with Gasteiger partial charge in [0, 0.05) is 55.6 Å². The number of hydrogen-bond acceptors (Lipinski definition) is 6. The number of aliphatic hydroxyl groups excluding tert-OH is 1. The van der Waals surface area contributed by atoms with Crippen molar-refractivity contribution in [2.24, 2.45) is 0 Å². The van der Waals surface area contributed by atoms with E-state index in [0.29, 0.717) is 55.3 Å². The lowest BCUT2D eigenvalue weighted by Crippen LogP contribution is -2.49. The van der Waals surface area contributed by atoms with Crippen LogP contribution in [0.15, 0.2) is 55.0 Å². The number of aromatic nitrogens is 1. The van der Waals surface area contributed by atoms with Crippen molar-refractivity contribution in [3.8, 4) is 0 Å². The van der Waals surface area contributed by atoms with E-state index in [0.717, 1.165) is 4.90 Å². The van der Waals surface area contributed by atoms with Gasteiger partial charge in [-0.3, -0.25) is 4.90 Å². The second kappa shape index (κ2) is 8.53. The van der Waals surface area contributed by atoms with E-state index in [2.05, 4.69) is 18.1 Å². The van der Waals surface area contributed by atoms with Crippen LogP contribution in [0.4, 0.5) is 35.3 Å². The van der Waals surface area contributed by atoms with Crippen molar-refractivity contribution in [2.45, 2.75) is 0 Å². The Morgan fingerprint density at radius 3 is 2.33 bits per heavy atom. The van der Waals surface area contributed by atoms with E-state index in [9.17, 15) is 23.1 Å². The average Bonchev–Trinajstić information content (AvgIpc) is 2.79. The second-order valence-electron chi connectivity index (χ2n) is 7.54. The molecule has 0 spiro atoms. The normalized spacial score (nSPS) is 15.8. The smallest absolute Gasteiger partial charge is 0.409 e. The predicted molar refractivity (Wildman–Crippen MR) is 118 cm³/mol. The number of aliphatic hydroxyl groups is 1. The molecule has 0 radical (unpaired) electrons. The van der Waals surface area contributed by atoms with Crippen molar-refractivity contribution >= 4 is 29.0 Å². The Kier molecular flexibility index (Phi) is 5.75. The fourth-order valence-electron chi connectivity index (χ4n) is 3.88. The van der Waals surface area contributed by atoms with Gasteiger partial charge in [0.25, 0.3) is 0 Å². The molecule has 1 aromatic heterocycles. The predicted octanol–water partition coefficient (Wildman–Crippen LogP) is 4.51. The first-order valence-electron chi connectivity index (χ1n) is 10.0. The molecule has 3 heterocycles. The summed E-state index contributed by atoms with van der Waals surface area (Å²) in [4.78, 5) is 20.9. The van der Waals surface area contributed by atoms with Gasteiger partial charge >= 0.3 is 6.09 Å². The number of amides is 1. The molecule has 0 unspecified atom stereocenters. The number of nitrogens with zero attached hydrogens (tertiary/aromatic N) is 4. The fourth-order valence-corrected chi connectivity index (χ4v) is 3.88. The highest BCUT2D eigenvalue weighted by Crippen LogP contribution is 2.43. The molecule has 1 amide bonds. The molecule has 2 aromatic rings. The van der Waals surface area contributed by atoms with Crippen LogP contribution in [0.5, 0.6) is 0 Å². The van der Waals surface area contributed by atoms with E-state index in [1.54, 1.807) is 17.0 Å². The highest BCUT2D eigenvalue weighted by Gasteiger charge is 2.30. The zero-order valence-electron chi connectivity index (χ0n) is 17.8. The first-order valence-corrected chi connectivity index (χ1v) is 10.0. The Hall–Kier alpha value is -3.95. The number of pyridine rings is 1. The van der Waals surface area contributed by atoms with E-state index in [-0.39, 0.29) is 17.2 Å². The van der Waals surface area contributed by atoms with Crippen LogP contribution in [-0.4, -0.2) is 54.4 Å². The lowest BCUT2D eigenvalue weighted by Gasteiger charge is -2.36. The van der Waals surface area contributed by atoms with E-state index in [1.807, 2.05) is 4.90 Å². The third-order valence-electron chi connectivity index (χ3n) is 5.57. The van der Waals surface area contributed by atoms with Crippen LogP contribution >= 0.6 is 0 Å². The minimum atomic E-state index is -1.14. The molecule has 1 saturated heterocycles. The number of allylic oxidation sites excluding steroid dienone is 1. The summed E-state index contributed by atoms with van der Waals surface area (Å²) in [6.45, 7) is 9.21. The Balaban J connectivity index is 1.76. The van der Waals surface area contributed by atoms with Crippen LogP contribution in [0.25, 0.3) is 5.57 Å². The number of piperazine rings is 1. The summed E-state index contributed by atoms with van der Waals surface area (Å²) < 4.78 is 47.6. The highest BCUT2D eigenvalue weighted by atomic mass is 19.1. The Labute approximate surface area is 188 Å². The van der Waals surface area contributed by atoms with Crippen molar-refractivity contribution in [2.75, 3.05) is 43.1 Å². The average molecular weight is 458 g/mol. The minimum Gasteiger partial charge on any atom is -0.508 e. The van der Waals surface area contributed by atoms with Gasteiger partial charge in [0.05, 0.1) is 7.11 Å². The quantitative estimate of drug-likeness (QED) is 0.683. The summed E-state index contributed by atoms with van der Waals surface area (Å²) >= 11 is 0. The summed E-state index contributed by atoms with van der Waals surface area (Å²) in [6.07, 6.45) is 0.845. The third-order valence-corrected chi connectivity index (χ3v) is 5.57. The molecule has 4 rings (SSSR count). The monoisotopic (exact) mass is 458 g/mol. The van der Waals surface area contributed by atoms with E-state index in [4.69, 9.17) is 4.74 Å². The second-order valence-corrected chi connectivity index (χ2v) is 7.54. The lowest BCUT2D eigenvalue weighted by atomic mass is 9.95. The molecule has 1 fully saturated rings. The molecule has 0 aliphatic carbocycles. The van der Waals surface area contributed by atoms with Crippen molar-refractivity contribution in [1.82, 2.24) is 9.88 Å². The number of fused-ring (bicyclic) bond motifs is 1. The van der Waals surface area contributed by atoms with Gasteiger partial charge in [0.15, 0.2) is 11.6 Å².